The number of nitro benzene ring substituents is 1. The van der Waals surface area contributed by atoms with Crippen LogP contribution in [0, 0.1) is 30.9 Å². The van der Waals surface area contributed by atoms with Gasteiger partial charge < -0.3 is 9.88 Å². The molecule has 0 aliphatic carbocycles. The van der Waals surface area contributed by atoms with Crippen molar-refractivity contribution in [1.29, 1.82) is 0 Å². The molecular weight excluding hydrogens is 402 g/mol. The number of nitrogens with one attached hydrogen (secondary N) is 1. The Balaban J connectivity index is 1.75. The molecule has 0 aliphatic rings. The van der Waals surface area contributed by atoms with Gasteiger partial charge in [0.05, 0.1) is 10.7 Å². The number of carbonyl (C=O) groups excluding carboxylic acids is 1. The maximum Gasteiger partial charge on any atom is 0.270 e. The molecule has 0 saturated heterocycles. The van der Waals surface area contributed by atoms with Crippen molar-refractivity contribution in [2.45, 2.75) is 39.4 Å². The highest BCUT2D eigenvalue weighted by atomic mass is 32.2. The van der Waals surface area contributed by atoms with E-state index in [1.165, 1.54) is 23.9 Å². The van der Waals surface area contributed by atoms with Crippen LogP contribution in [0.5, 0.6) is 0 Å². The van der Waals surface area contributed by atoms with E-state index in [9.17, 15) is 14.9 Å². The van der Waals surface area contributed by atoms with Crippen LogP contribution in [0.3, 0.4) is 0 Å². The Hall–Kier alpha value is -3.20. The second-order valence-corrected chi connectivity index (χ2v) is 7.91. The highest BCUT2D eigenvalue weighted by Gasteiger charge is 2.17. The molecule has 1 aromatic heterocycles. The van der Waals surface area contributed by atoms with Crippen LogP contribution in [-0.4, -0.2) is 31.3 Å². The Morgan fingerprint density at radius 3 is 2.50 bits per heavy atom. The first-order valence-corrected chi connectivity index (χ1v) is 10.5. The number of amides is 1. The van der Waals surface area contributed by atoms with Crippen molar-refractivity contribution in [3.63, 3.8) is 0 Å². The lowest BCUT2D eigenvalue weighted by Crippen LogP contribution is -2.16. The number of hydrogen-bond donors (Lipinski definition) is 1. The molecule has 30 heavy (non-hydrogen) atoms. The third kappa shape index (κ3) is 4.68. The van der Waals surface area contributed by atoms with Gasteiger partial charge in [0.1, 0.15) is 0 Å². The third-order valence-electron chi connectivity index (χ3n) is 4.62. The van der Waals surface area contributed by atoms with Gasteiger partial charge in [0, 0.05) is 29.9 Å². The van der Waals surface area contributed by atoms with E-state index in [-0.39, 0.29) is 17.3 Å². The van der Waals surface area contributed by atoms with E-state index in [1.54, 1.807) is 12.1 Å². The van der Waals surface area contributed by atoms with Gasteiger partial charge in [-0.25, -0.2) is 0 Å². The Morgan fingerprint density at radius 1 is 1.17 bits per heavy atom. The highest BCUT2D eigenvalue weighted by molar-refractivity contribution is 7.99. The van der Waals surface area contributed by atoms with Gasteiger partial charge in [-0.05, 0) is 38.8 Å². The van der Waals surface area contributed by atoms with Crippen LogP contribution >= 0.6 is 11.8 Å². The van der Waals surface area contributed by atoms with Gasteiger partial charge in [-0.15, -0.1) is 10.2 Å². The second kappa shape index (κ2) is 9.08. The molecule has 2 aromatic carbocycles. The molecule has 1 heterocycles. The van der Waals surface area contributed by atoms with Crippen LogP contribution in [0.15, 0.2) is 41.6 Å². The summed E-state index contributed by atoms with van der Waals surface area (Å²) in [4.78, 5) is 23.1. The fourth-order valence-electron chi connectivity index (χ4n) is 3.34. The number of benzene rings is 2. The maximum atomic E-state index is 12.5. The Kier molecular flexibility index (Phi) is 6.51. The molecule has 0 radical (unpaired) electrons. The van der Waals surface area contributed by atoms with Gasteiger partial charge in [0.25, 0.3) is 5.69 Å². The van der Waals surface area contributed by atoms with Crippen LogP contribution in [0.1, 0.15) is 23.6 Å². The maximum absolute atomic E-state index is 12.5. The molecule has 1 amide bonds. The van der Waals surface area contributed by atoms with Gasteiger partial charge in [0.15, 0.2) is 11.0 Å². The second-order valence-electron chi connectivity index (χ2n) is 6.97. The van der Waals surface area contributed by atoms with Gasteiger partial charge >= 0.3 is 0 Å². The van der Waals surface area contributed by atoms with E-state index in [2.05, 4.69) is 15.5 Å². The first-order chi connectivity index (χ1) is 14.3. The fourth-order valence-corrected chi connectivity index (χ4v) is 4.14. The van der Waals surface area contributed by atoms with E-state index < -0.39 is 4.92 Å². The van der Waals surface area contributed by atoms with Gasteiger partial charge in [-0.1, -0.05) is 41.6 Å². The summed E-state index contributed by atoms with van der Waals surface area (Å²) in [6.45, 7) is 8.49. The summed E-state index contributed by atoms with van der Waals surface area (Å²) in [6, 6.07) is 10.4. The lowest BCUT2D eigenvalue weighted by Gasteiger charge is -2.13. The molecule has 156 valence electrons. The number of nitro groups is 1. The molecule has 0 bridgehead atoms. The monoisotopic (exact) mass is 425 g/mol. The number of hydrogen-bond acceptors (Lipinski definition) is 6. The molecule has 0 saturated carbocycles. The number of aromatic nitrogens is 3. The van der Waals surface area contributed by atoms with Crippen molar-refractivity contribution in [3.8, 4) is 11.4 Å². The minimum Gasteiger partial charge on any atom is -0.325 e. The predicted molar refractivity (Wildman–Crippen MR) is 118 cm³/mol. The lowest BCUT2D eigenvalue weighted by molar-refractivity contribution is -0.384. The fraction of sp³-hybridized carbons (Fsp3) is 0.286. The molecule has 3 rings (SSSR count). The first kappa shape index (κ1) is 21.5. The summed E-state index contributed by atoms with van der Waals surface area (Å²) in [6.07, 6.45) is 0. The zero-order chi connectivity index (χ0) is 21.8. The van der Waals surface area contributed by atoms with E-state index in [1.807, 2.05) is 44.4 Å². The molecule has 3 aromatic rings. The zero-order valence-electron chi connectivity index (χ0n) is 17.3. The average molecular weight is 426 g/mol. The quantitative estimate of drug-likeness (QED) is 0.339. The molecule has 0 aliphatic heterocycles. The largest absolute Gasteiger partial charge is 0.325 e. The molecule has 0 spiro atoms. The number of non-ortho nitro benzene ring substituents is 1. The number of thioether (sulfide) groups is 1. The van der Waals surface area contributed by atoms with Crippen molar-refractivity contribution >= 4 is 29.0 Å². The molecule has 8 nitrogen and oxygen atoms in total. The Labute approximate surface area is 178 Å². The Morgan fingerprint density at radius 2 is 1.87 bits per heavy atom. The van der Waals surface area contributed by atoms with Gasteiger partial charge in [-0.3, -0.25) is 14.9 Å². The molecule has 0 unspecified atom stereocenters. The summed E-state index contributed by atoms with van der Waals surface area (Å²) < 4.78 is 1.85. The summed E-state index contributed by atoms with van der Waals surface area (Å²) in [7, 11) is 0. The number of nitrogens with zero attached hydrogens (tertiary/aromatic N) is 4. The van der Waals surface area contributed by atoms with Crippen molar-refractivity contribution in [2.24, 2.45) is 0 Å². The SMILES string of the molecule is CCn1c(SCC(=O)Nc2c(C)cc(C)cc2C)nnc1-c1cccc([N+](=O)[O-])c1. The minimum absolute atomic E-state index is 0.00410. The number of rotatable bonds is 7. The molecule has 0 fully saturated rings. The van der Waals surface area contributed by atoms with E-state index >= 15 is 0 Å². The average Bonchev–Trinajstić information content (AvgIpc) is 3.12. The summed E-state index contributed by atoms with van der Waals surface area (Å²) >= 11 is 1.28. The van der Waals surface area contributed by atoms with E-state index in [4.69, 9.17) is 0 Å². The van der Waals surface area contributed by atoms with Crippen LogP contribution in [0.2, 0.25) is 0 Å². The smallest absolute Gasteiger partial charge is 0.270 e. The van der Waals surface area contributed by atoms with E-state index in [0.29, 0.717) is 23.1 Å². The summed E-state index contributed by atoms with van der Waals surface area (Å²) in [5.41, 5.74) is 4.64. The van der Waals surface area contributed by atoms with E-state index in [0.717, 1.165) is 22.4 Å². The topological polar surface area (TPSA) is 103 Å². The van der Waals surface area contributed by atoms with Crippen molar-refractivity contribution in [3.05, 3.63) is 63.2 Å². The normalized spacial score (nSPS) is 10.8. The summed E-state index contributed by atoms with van der Waals surface area (Å²) in [5, 5.41) is 23.0. The first-order valence-electron chi connectivity index (χ1n) is 9.48. The zero-order valence-corrected chi connectivity index (χ0v) is 18.1. The minimum atomic E-state index is -0.439. The number of aryl methyl sites for hydroxylation is 3. The highest BCUT2D eigenvalue weighted by Crippen LogP contribution is 2.27. The van der Waals surface area contributed by atoms with Crippen LogP contribution in [-0.2, 0) is 11.3 Å². The van der Waals surface area contributed by atoms with Crippen LogP contribution < -0.4 is 5.32 Å². The molecule has 9 heteroatoms. The van der Waals surface area contributed by atoms with Gasteiger partial charge in [-0.2, -0.15) is 0 Å². The van der Waals surface area contributed by atoms with Gasteiger partial charge in [0.2, 0.25) is 5.91 Å². The van der Waals surface area contributed by atoms with Crippen molar-refractivity contribution in [2.75, 3.05) is 11.1 Å². The molecule has 1 N–H and O–H groups in total. The molecular formula is C21H23N5O3S. The van der Waals surface area contributed by atoms with Crippen molar-refractivity contribution < 1.29 is 9.72 Å². The Bertz CT molecular complexity index is 1090. The lowest BCUT2D eigenvalue weighted by atomic mass is 10.1. The number of anilines is 1. The van der Waals surface area contributed by atoms with Crippen molar-refractivity contribution in [1.82, 2.24) is 14.8 Å². The van der Waals surface area contributed by atoms with Crippen LogP contribution in [0.4, 0.5) is 11.4 Å². The van der Waals surface area contributed by atoms with Crippen LogP contribution in [0.25, 0.3) is 11.4 Å². The predicted octanol–water partition coefficient (Wildman–Crippen LogP) is 4.53. The third-order valence-corrected chi connectivity index (χ3v) is 5.59. The standard InChI is InChI=1S/C21H23N5O3S/c1-5-25-20(16-7-6-8-17(11-16)26(28)29)23-24-21(25)30-12-18(27)22-19-14(3)9-13(2)10-15(19)4/h6-11H,5,12H2,1-4H3,(H,22,27). The number of carbonyl (C=O) groups is 1. The summed E-state index contributed by atoms with van der Waals surface area (Å²) in [5.74, 6) is 0.590. The molecule has 0 atom stereocenters.